The van der Waals surface area contributed by atoms with Gasteiger partial charge < -0.3 is 10.1 Å². The van der Waals surface area contributed by atoms with Crippen LogP contribution in [0, 0.1) is 5.92 Å². The summed E-state index contributed by atoms with van der Waals surface area (Å²) in [4.78, 5) is 1.18. The molecule has 1 N–H and O–H groups in total. The fraction of sp³-hybridized carbons (Fsp3) is 0.600. The lowest BCUT2D eigenvalue weighted by Crippen LogP contribution is -2.30. The van der Waals surface area contributed by atoms with Gasteiger partial charge in [0.15, 0.2) is 4.93 Å². The minimum absolute atomic E-state index is 0.104. The fourth-order valence-electron chi connectivity index (χ4n) is 2.83. The zero-order valence-corrected chi connectivity index (χ0v) is 12.0. The molecule has 2 heterocycles. The average Bonchev–Trinajstić information content (AvgIpc) is 2.63. The van der Waals surface area contributed by atoms with E-state index in [2.05, 4.69) is 37.4 Å². The van der Waals surface area contributed by atoms with Crippen molar-refractivity contribution in [2.45, 2.75) is 42.9 Å². The van der Waals surface area contributed by atoms with Gasteiger partial charge in [-0.1, -0.05) is 17.8 Å². The maximum Gasteiger partial charge on any atom is 0.153 e. The summed E-state index contributed by atoms with van der Waals surface area (Å²) in [7, 11) is 0. The van der Waals surface area contributed by atoms with Crippen LogP contribution in [0.1, 0.15) is 32.3 Å². The largest absolute Gasteiger partial charge is 0.476 e. The number of benzene rings is 1. The minimum atomic E-state index is -0.104. The molecule has 0 bridgehead atoms. The first-order valence-electron chi connectivity index (χ1n) is 6.84. The third kappa shape index (κ3) is 2.67. The first kappa shape index (κ1) is 12.4. The highest BCUT2D eigenvalue weighted by Crippen LogP contribution is 2.47. The Morgan fingerprint density at radius 2 is 2.33 bits per heavy atom. The van der Waals surface area contributed by atoms with Gasteiger partial charge in [-0.25, -0.2) is 0 Å². The standard InChI is InChI=1S/C15H21NOS/c1-15(2)17-13-9-11(5-6-14(13)18-15)8-12-4-3-7-16-10-12/h5-6,9,12,16H,3-4,7-8,10H2,1-2H3. The van der Waals surface area contributed by atoms with Crippen LogP contribution in [-0.4, -0.2) is 18.0 Å². The molecule has 2 nitrogen and oxygen atoms in total. The third-order valence-corrected chi connectivity index (χ3v) is 4.78. The van der Waals surface area contributed by atoms with Gasteiger partial charge in [0.1, 0.15) is 5.75 Å². The van der Waals surface area contributed by atoms with Crippen LogP contribution in [0.2, 0.25) is 0 Å². The molecule has 0 spiro atoms. The van der Waals surface area contributed by atoms with Crippen molar-refractivity contribution < 1.29 is 4.74 Å². The fourth-order valence-corrected chi connectivity index (χ4v) is 3.82. The molecule has 0 aromatic heterocycles. The molecule has 0 amide bonds. The second-order valence-electron chi connectivity index (χ2n) is 5.80. The number of nitrogens with one attached hydrogen (secondary N) is 1. The second-order valence-corrected chi connectivity index (χ2v) is 7.43. The van der Waals surface area contributed by atoms with E-state index in [0.717, 1.165) is 18.2 Å². The van der Waals surface area contributed by atoms with Gasteiger partial charge in [-0.05, 0) is 69.8 Å². The lowest BCUT2D eigenvalue weighted by Gasteiger charge is -2.22. The molecule has 1 aromatic rings. The van der Waals surface area contributed by atoms with E-state index < -0.39 is 0 Å². The molecular formula is C15H21NOS. The number of hydrogen-bond donors (Lipinski definition) is 1. The first-order valence-corrected chi connectivity index (χ1v) is 7.66. The van der Waals surface area contributed by atoms with E-state index in [1.54, 1.807) is 0 Å². The molecule has 1 aromatic carbocycles. The summed E-state index contributed by atoms with van der Waals surface area (Å²) in [5, 5.41) is 3.49. The van der Waals surface area contributed by atoms with E-state index in [4.69, 9.17) is 4.74 Å². The van der Waals surface area contributed by atoms with Crippen molar-refractivity contribution in [2.75, 3.05) is 13.1 Å². The zero-order valence-electron chi connectivity index (χ0n) is 11.2. The normalized spacial score (nSPS) is 25.6. The van der Waals surface area contributed by atoms with Gasteiger partial charge in [0.2, 0.25) is 0 Å². The maximum atomic E-state index is 5.97. The van der Waals surface area contributed by atoms with Gasteiger partial charge in [-0.15, -0.1) is 0 Å². The Labute approximate surface area is 113 Å². The Balaban J connectivity index is 1.71. The molecule has 1 saturated heterocycles. The SMILES string of the molecule is CC1(C)Oc2cc(CC3CCCNC3)ccc2S1. The molecule has 1 atom stereocenters. The monoisotopic (exact) mass is 263 g/mol. The number of piperidine rings is 1. The van der Waals surface area contributed by atoms with E-state index in [1.807, 2.05) is 11.8 Å². The highest BCUT2D eigenvalue weighted by Gasteiger charge is 2.31. The topological polar surface area (TPSA) is 21.3 Å². The van der Waals surface area contributed by atoms with Crippen molar-refractivity contribution >= 4 is 11.8 Å². The van der Waals surface area contributed by atoms with Crippen molar-refractivity contribution in [3.8, 4) is 5.75 Å². The first-order chi connectivity index (χ1) is 8.62. The van der Waals surface area contributed by atoms with Gasteiger partial charge >= 0.3 is 0 Å². The van der Waals surface area contributed by atoms with Crippen LogP contribution in [0.3, 0.4) is 0 Å². The summed E-state index contributed by atoms with van der Waals surface area (Å²) in [5.41, 5.74) is 1.42. The quantitative estimate of drug-likeness (QED) is 0.883. The van der Waals surface area contributed by atoms with Crippen LogP contribution in [0.15, 0.2) is 23.1 Å². The summed E-state index contributed by atoms with van der Waals surface area (Å²) in [6.07, 6.45) is 3.84. The average molecular weight is 263 g/mol. The molecule has 3 heteroatoms. The summed E-state index contributed by atoms with van der Waals surface area (Å²) < 4.78 is 5.97. The number of thioether (sulfide) groups is 1. The van der Waals surface area contributed by atoms with Crippen LogP contribution >= 0.6 is 11.8 Å². The highest BCUT2D eigenvalue weighted by molar-refractivity contribution is 8.00. The van der Waals surface area contributed by atoms with Crippen molar-refractivity contribution in [1.82, 2.24) is 5.32 Å². The molecule has 1 fully saturated rings. The van der Waals surface area contributed by atoms with Gasteiger partial charge in [0, 0.05) is 0 Å². The molecule has 98 valence electrons. The summed E-state index contributed by atoms with van der Waals surface area (Å²) in [6.45, 7) is 6.61. The Morgan fingerprint density at radius 1 is 1.44 bits per heavy atom. The minimum Gasteiger partial charge on any atom is -0.476 e. The highest BCUT2D eigenvalue weighted by atomic mass is 32.2. The zero-order chi connectivity index (χ0) is 12.6. The summed E-state index contributed by atoms with van der Waals surface area (Å²) >= 11 is 1.81. The smallest absolute Gasteiger partial charge is 0.153 e. The molecule has 3 rings (SSSR count). The van der Waals surface area contributed by atoms with Crippen LogP contribution in [0.4, 0.5) is 0 Å². The molecule has 2 aliphatic rings. The van der Waals surface area contributed by atoms with Gasteiger partial charge in [-0.3, -0.25) is 0 Å². The Kier molecular flexibility index (Phi) is 3.29. The van der Waals surface area contributed by atoms with Crippen molar-refractivity contribution in [1.29, 1.82) is 0 Å². The van der Waals surface area contributed by atoms with Crippen LogP contribution in [0.5, 0.6) is 5.75 Å². The van der Waals surface area contributed by atoms with E-state index in [9.17, 15) is 0 Å². The van der Waals surface area contributed by atoms with E-state index in [-0.39, 0.29) is 4.93 Å². The number of hydrogen-bond acceptors (Lipinski definition) is 3. The van der Waals surface area contributed by atoms with E-state index >= 15 is 0 Å². The number of ether oxygens (including phenoxy) is 1. The number of fused-ring (bicyclic) bond motifs is 1. The molecule has 0 aliphatic carbocycles. The maximum absolute atomic E-state index is 5.97. The van der Waals surface area contributed by atoms with Crippen molar-refractivity contribution in [2.24, 2.45) is 5.92 Å². The van der Waals surface area contributed by atoms with Crippen LogP contribution in [-0.2, 0) is 6.42 Å². The Bertz CT molecular complexity index is 438. The number of rotatable bonds is 2. The lowest BCUT2D eigenvalue weighted by molar-refractivity contribution is 0.214. The van der Waals surface area contributed by atoms with Gasteiger partial charge in [0.05, 0.1) is 4.90 Å². The predicted molar refractivity (Wildman–Crippen MR) is 76.3 cm³/mol. The predicted octanol–water partition coefficient (Wildman–Crippen LogP) is 3.45. The molecule has 1 unspecified atom stereocenters. The van der Waals surface area contributed by atoms with Crippen LogP contribution in [0.25, 0.3) is 0 Å². The molecule has 0 saturated carbocycles. The summed E-state index contributed by atoms with van der Waals surface area (Å²) in [6, 6.07) is 6.73. The Morgan fingerprint density at radius 3 is 3.11 bits per heavy atom. The lowest BCUT2D eigenvalue weighted by atomic mass is 9.92. The molecule has 2 aliphatic heterocycles. The van der Waals surface area contributed by atoms with Crippen molar-refractivity contribution in [3.63, 3.8) is 0 Å². The summed E-state index contributed by atoms with van der Waals surface area (Å²) in [5.74, 6) is 1.87. The molecular weight excluding hydrogens is 242 g/mol. The second kappa shape index (κ2) is 4.78. The third-order valence-electron chi connectivity index (χ3n) is 3.64. The van der Waals surface area contributed by atoms with E-state index in [1.165, 1.54) is 36.3 Å². The molecule has 18 heavy (non-hydrogen) atoms. The van der Waals surface area contributed by atoms with Crippen molar-refractivity contribution in [3.05, 3.63) is 23.8 Å². The molecule has 0 radical (unpaired) electrons. The van der Waals surface area contributed by atoms with Gasteiger partial charge in [-0.2, -0.15) is 0 Å². The Hall–Kier alpha value is -0.670. The van der Waals surface area contributed by atoms with Gasteiger partial charge in [0.25, 0.3) is 0 Å². The van der Waals surface area contributed by atoms with E-state index in [0.29, 0.717) is 0 Å². The van der Waals surface area contributed by atoms with Crippen LogP contribution < -0.4 is 10.1 Å².